The molecular formula is C18H22F2N4O2. The van der Waals surface area contributed by atoms with E-state index in [2.05, 4.69) is 10.3 Å². The summed E-state index contributed by atoms with van der Waals surface area (Å²) in [6.07, 6.45) is 4.49. The fourth-order valence-electron chi connectivity index (χ4n) is 3.19. The van der Waals surface area contributed by atoms with Gasteiger partial charge in [-0.1, -0.05) is 6.07 Å². The zero-order valence-electron chi connectivity index (χ0n) is 14.6. The Bertz CT molecular complexity index is 795. The summed E-state index contributed by atoms with van der Waals surface area (Å²) in [5.74, 6) is -1.47. The third-order valence-electron chi connectivity index (χ3n) is 4.68. The van der Waals surface area contributed by atoms with E-state index in [0.29, 0.717) is 31.5 Å². The smallest absolute Gasteiger partial charge is 0.256 e. The molecule has 0 bridgehead atoms. The number of aliphatic hydroxyl groups is 1. The number of aryl methyl sites for hydroxylation is 1. The average molecular weight is 364 g/mol. The summed E-state index contributed by atoms with van der Waals surface area (Å²) in [6.45, 7) is 1.15. The summed E-state index contributed by atoms with van der Waals surface area (Å²) >= 11 is 0. The van der Waals surface area contributed by atoms with E-state index in [1.165, 1.54) is 11.0 Å². The minimum absolute atomic E-state index is 0.104. The number of nitrogens with zero attached hydrogens (tertiary/aromatic N) is 3. The zero-order valence-corrected chi connectivity index (χ0v) is 14.6. The molecule has 1 saturated heterocycles. The third-order valence-corrected chi connectivity index (χ3v) is 4.68. The lowest BCUT2D eigenvalue weighted by Crippen LogP contribution is -2.57. The van der Waals surface area contributed by atoms with Crippen LogP contribution in [-0.4, -0.2) is 44.2 Å². The molecule has 1 fully saturated rings. The van der Waals surface area contributed by atoms with Crippen LogP contribution in [0.25, 0.3) is 0 Å². The number of imidazole rings is 1. The van der Waals surface area contributed by atoms with Crippen LogP contribution in [0.4, 0.5) is 8.78 Å². The zero-order chi connectivity index (χ0) is 18.7. The second-order valence-electron chi connectivity index (χ2n) is 6.67. The maximum Gasteiger partial charge on any atom is 0.256 e. The average Bonchev–Trinajstić information content (AvgIpc) is 3.01. The monoisotopic (exact) mass is 364 g/mol. The Morgan fingerprint density at radius 3 is 2.85 bits per heavy atom. The molecule has 1 atom stereocenters. The molecule has 1 unspecified atom stereocenters. The second kappa shape index (κ2) is 7.51. The Hall–Kier alpha value is -2.32. The van der Waals surface area contributed by atoms with Gasteiger partial charge in [-0.25, -0.2) is 13.8 Å². The second-order valence-corrected chi connectivity index (χ2v) is 6.67. The SMILES string of the molecule is Cn1ccnc1CNCC1(O)CCCN(Cc2ccc(F)c(F)c2)C1=O. The van der Waals surface area contributed by atoms with Crippen molar-refractivity contribution in [2.75, 3.05) is 13.1 Å². The quantitative estimate of drug-likeness (QED) is 0.812. The molecule has 1 amide bonds. The molecule has 6 nitrogen and oxygen atoms in total. The Labute approximate surface area is 150 Å². The van der Waals surface area contributed by atoms with Crippen molar-refractivity contribution in [1.82, 2.24) is 19.8 Å². The Balaban J connectivity index is 1.62. The molecule has 1 aliphatic rings. The van der Waals surface area contributed by atoms with Crippen LogP contribution in [-0.2, 0) is 24.9 Å². The number of amides is 1. The van der Waals surface area contributed by atoms with Crippen LogP contribution in [0.15, 0.2) is 30.6 Å². The lowest BCUT2D eigenvalue weighted by molar-refractivity contribution is -0.157. The highest BCUT2D eigenvalue weighted by Crippen LogP contribution is 2.24. The number of carbonyl (C=O) groups excluding carboxylic acids is 1. The molecule has 2 heterocycles. The van der Waals surface area contributed by atoms with Gasteiger partial charge in [-0.05, 0) is 30.5 Å². The van der Waals surface area contributed by atoms with E-state index in [1.807, 2.05) is 17.8 Å². The van der Waals surface area contributed by atoms with E-state index in [1.54, 1.807) is 6.20 Å². The van der Waals surface area contributed by atoms with Gasteiger partial charge >= 0.3 is 0 Å². The predicted molar refractivity (Wildman–Crippen MR) is 90.9 cm³/mol. The fourth-order valence-corrected chi connectivity index (χ4v) is 3.19. The topological polar surface area (TPSA) is 70.4 Å². The maximum absolute atomic E-state index is 13.4. The van der Waals surface area contributed by atoms with Gasteiger partial charge in [0.05, 0.1) is 6.54 Å². The van der Waals surface area contributed by atoms with Crippen molar-refractivity contribution in [1.29, 1.82) is 0 Å². The normalized spacial score (nSPS) is 20.6. The first kappa shape index (κ1) is 18.5. The molecule has 26 heavy (non-hydrogen) atoms. The number of likely N-dealkylation sites (tertiary alicyclic amines) is 1. The Morgan fingerprint density at radius 1 is 1.35 bits per heavy atom. The van der Waals surface area contributed by atoms with Crippen LogP contribution in [0.5, 0.6) is 0 Å². The van der Waals surface area contributed by atoms with Gasteiger partial charge in [0.1, 0.15) is 5.82 Å². The molecule has 0 radical (unpaired) electrons. The summed E-state index contributed by atoms with van der Waals surface area (Å²) in [6, 6.07) is 3.56. The number of halogens is 2. The number of hydrogen-bond acceptors (Lipinski definition) is 4. The van der Waals surface area contributed by atoms with Crippen molar-refractivity contribution < 1.29 is 18.7 Å². The highest BCUT2D eigenvalue weighted by Gasteiger charge is 2.41. The van der Waals surface area contributed by atoms with Crippen LogP contribution in [0.3, 0.4) is 0 Å². The van der Waals surface area contributed by atoms with Crippen LogP contribution in [0.1, 0.15) is 24.2 Å². The molecule has 140 valence electrons. The molecule has 1 aromatic heterocycles. The van der Waals surface area contributed by atoms with Crippen LogP contribution in [0.2, 0.25) is 0 Å². The van der Waals surface area contributed by atoms with Crippen molar-refractivity contribution in [3.05, 3.63) is 53.6 Å². The third kappa shape index (κ3) is 3.91. The summed E-state index contributed by atoms with van der Waals surface area (Å²) in [4.78, 5) is 18.4. The van der Waals surface area contributed by atoms with Crippen molar-refractivity contribution in [3.63, 3.8) is 0 Å². The van der Waals surface area contributed by atoms with Gasteiger partial charge in [0.15, 0.2) is 17.2 Å². The van der Waals surface area contributed by atoms with Gasteiger partial charge in [-0.3, -0.25) is 4.79 Å². The van der Waals surface area contributed by atoms with Crippen LogP contribution in [0, 0.1) is 11.6 Å². The molecule has 0 saturated carbocycles. The lowest BCUT2D eigenvalue weighted by Gasteiger charge is -2.38. The molecule has 3 rings (SSSR count). The number of carbonyl (C=O) groups is 1. The summed E-state index contributed by atoms with van der Waals surface area (Å²) < 4.78 is 28.3. The van der Waals surface area contributed by atoms with Gasteiger partial charge in [0.25, 0.3) is 5.91 Å². The Morgan fingerprint density at radius 2 is 2.15 bits per heavy atom. The maximum atomic E-state index is 13.4. The molecular weight excluding hydrogens is 342 g/mol. The number of benzene rings is 1. The standard InChI is InChI=1S/C18H22F2N4O2/c1-23-8-6-22-16(23)10-21-12-18(26)5-2-7-24(17(18)25)11-13-3-4-14(19)15(20)9-13/h3-4,6,8-9,21,26H,2,5,7,10-12H2,1H3. The largest absolute Gasteiger partial charge is 0.379 e. The molecule has 8 heteroatoms. The number of hydrogen-bond donors (Lipinski definition) is 2. The summed E-state index contributed by atoms with van der Waals surface area (Å²) in [7, 11) is 1.87. The number of rotatable bonds is 6. The number of piperidine rings is 1. The lowest BCUT2D eigenvalue weighted by atomic mass is 9.91. The molecule has 1 aromatic carbocycles. The van der Waals surface area contributed by atoms with Gasteiger partial charge in [0, 0.05) is 39.1 Å². The van der Waals surface area contributed by atoms with Crippen LogP contribution >= 0.6 is 0 Å². The van der Waals surface area contributed by atoms with E-state index >= 15 is 0 Å². The fraction of sp³-hybridized carbons (Fsp3) is 0.444. The minimum atomic E-state index is -1.51. The van der Waals surface area contributed by atoms with Gasteiger partial charge in [0.2, 0.25) is 0 Å². The molecule has 1 aliphatic heterocycles. The van der Waals surface area contributed by atoms with Crippen molar-refractivity contribution in [3.8, 4) is 0 Å². The molecule has 0 aliphatic carbocycles. The van der Waals surface area contributed by atoms with Gasteiger partial charge in [-0.15, -0.1) is 0 Å². The minimum Gasteiger partial charge on any atom is -0.379 e. The molecule has 2 aromatic rings. The highest BCUT2D eigenvalue weighted by molar-refractivity contribution is 5.86. The Kier molecular flexibility index (Phi) is 5.33. The van der Waals surface area contributed by atoms with E-state index in [4.69, 9.17) is 0 Å². The van der Waals surface area contributed by atoms with Gasteiger partial charge < -0.3 is 19.9 Å². The summed E-state index contributed by atoms with van der Waals surface area (Å²) in [5, 5.41) is 13.8. The van der Waals surface area contributed by atoms with Crippen molar-refractivity contribution >= 4 is 5.91 Å². The van der Waals surface area contributed by atoms with E-state index < -0.39 is 23.1 Å². The van der Waals surface area contributed by atoms with Gasteiger partial charge in [-0.2, -0.15) is 0 Å². The predicted octanol–water partition coefficient (Wildman–Crippen LogP) is 1.34. The summed E-state index contributed by atoms with van der Waals surface area (Å²) in [5.41, 5.74) is -1.02. The molecule has 0 spiro atoms. The first-order valence-electron chi connectivity index (χ1n) is 8.52. The van der Waals surface area contributed by atoms with E-state index in [0.717, 1.165) is 18.0 Å². The van der Waals surface area contributed by atoms with Crippen molar-refractivity contribution in [2.24, 2.45) is 7.05 Å². The number of aromatic nitrogens is 2. The van der Waals surface area contributed by atoms with Crippen LogP contribution < -0.4 is 5.32 Å². The van der Waals surface area contributed by atoms with E-state index in [9.17, 15) is 18.7 Å². The number of nitrogens with one attached hydrogen (secondary N) is 1. The highest BCUT2D eigenvalue weighted by atomic mass is 19.2. The van der Waals surface area contributed by atoms with E-state index in [-0.39, 0.29) is 13.1 Å². The van der Waals surface area contributed by atoms with Crippen molar-refractivity contribution in [2.45, 2.75) is 31.5 Å². The first-order chi connectivity index (χ1) is 12.4. The molecule has 2 N–H and O–H groups in total. The first-order valence-corrected chi connectivity index (χ1v) is 8.52.